The van der Waals surface area contributed by atoms with Crippen molar-refractivity contribution in [3.05, 3.63) is 35.7 Å². The lowest BCUT2D eigenvalue weighted by atomic mass is 10.1. The van der Waals surface area contributed by atoms with Gasteiger partial charge in [-0.15, -0.1) is 10.2 Å². The van der Waals surface area contributed by atoms with E-state index in [0.29, 0.717) is 63.1 Å². The highest BCUT2D eigenvalue weighted by Crippen LogP contribution is 2.19. The smallest absolute Gasteiger partial charge is 0.247 e. The van der Waals surface area contributed by atoms with Gasteiger partial charge in [0.15, 0.2) is 0 Å². The van der Waals surface area contributed by atoms with Crippen LogP contribution in [0.4, 0.5) is 0 Å². The number of nitrogens with zero attached hydrogens (tertiary/aromatic N) is 4. The van der Waals surface area contributed by atoms with Crippen molar-refractivity contribution in [1.82, 2.24) is 20.0 Å². The van der Waals surface area contributed by atoms with Gasteiger partial charge >= 0.3 is 0 Å². The molecule has 3 rings (SSSR count). The van der Waals surface area contributed by atoms with E-state index in [1.807, 2.05) is 54.8 Å². The zero-order chi connectivity index (χ0) is 20.1. The Morgan fingerprint density at radius 2 is 1.61 bits per heavy atom. The molecule has 1 aromatic heterocycles. The molecule has 1 fully saturated rings. The van der Waals surface area contributed by atoms with Crippen LogP contribution in [0.25, 0.3) is 11.5 Å². The van der Waals surface area contributed by atoms with E-state index in [1.54, 1.807) is 0 Å². The van der Waals surface area contributed by atoms with Crippen molar-refractivity contribution in [1.29, 1.82) is 0 Å². The molecule has 1 aliphatic heterocycles. The number of carbonyl (C=O) groups excluding carboxylic acids is 2. The van der Waals surface area contributed by atoms with Gasteiger partial charge in [-0.05, 0) is 25.0 Å². The maximum Gasteiger partial charge on any atom is 0.247 e. The second-order valence-electron chi connectivity index (χ2n) is 7.73. The van der Waals surface area contributed by atoms with Crippen LogP contribution in [0.2, 0.25) is 0 Å². The first-order chi connectivity index (χ1) is 13.4. The molecule has 0 bridgehead atoms. The lowest BCUT2D eigenvalue weighted by Crippen LogP contribution is -2.50. The summed E-state index contributed by atoms with van der Waals surface area (Å²) in [6, 6.07) is 7.87. The molecule has 0 aliphatic carbocycles. The highest BCUT2D eigenvalue weighted by Gasteiger charge is 2.24. The first-order valence-corrected chi connectivity index (χ1v) is 9.87. The van der Waals surface area contributed by atoms with Gasteiger partial charge in [0.05, 0.1) is 0 Å². The Kier molecular flexibility index (Phi) is 6.44. The minimum absolute atomic E-state index is 0.0612. The molecule has 2 heterocycles. The van der Waals surface area contributed by atoms with Gasteiger partial charge in [0.2, 0.25) is 23.6 Å². The molecule has 0 unspecified atom stereocenters. The van der Waals surface area contributed by atoms with Crippen molar-refractivity contribution in [2.45, 2.75) is 40.0 Å². The molecule has 2 amide bonds. The molecule has 2 aromatic rings. The van der Waals surface area contributed by atoms with E-state index in [2.05, 4.69) is 10.2 Å². The van der Waals surface area contributed by atoms with Crippen LogP contribution in [-0.4, -0.2) is 58.0 Å². The molecule has 1 aromatic carbocycles. The number of carbonyl (C=O) groups is 2. The Morgan fingerprint density at radius 1 is 1.00 bits per heavy atom. The third-order valence-electron chi connectivity index (χ3n) is 4.89. The first kappa shape index (κ1) is 20.0. The maximum atomic E-state index is 12.5. The molecule has 1 saturated heterocycles. The molecule has 0 atom stereocenters. The van der Waals surface area contributed by atoms with Gasteiger partial charge in [-0.2, -0.15) is 0 Å². The number of benzene rings is 1. The molecular formula is C21H28N4O3. The molecule has 28 heavy (non-hydrogen) atoms. The van der Waals surface area contributed by atoms with Gasteiger partial charge < -0.3 is 14.2 Å². The summed E-state index contributed by atoms with van der Waals surface area (Å²) in [6.07, 6.45) is 1.31. The van der Waals surface area contributed by atoms with Gasteiger partial charge in [0, 0.05) is 51.0 Å². The van der Waals surface area contributed by atoms with Crippen molar-refractivity contribution >= 4 is 11.8 Å². The van der Waals surface area contributed by atoms with Gasteiger partial charge in [0.1, 0.15) is 0 Å². The topological polar surface area (TPSA) is 79.5 Å². The fraction of sp³-hybridized carbons (Fsp3) is 0.524. The van der Waals surface area contributed by atoms with Crippen molar-refractivity contribution in [3.63, 3.8) is 0 Å². The SMILES string of the molecule is Cc1ccc(-c2nnc(CCC(=O)N3CCN(C(=O)CC(C)C)CC3)o2)cc1. The molecular weight excluding hydrogens is 356 g/mol. The summed E-state index contributed by atoms with van der Waals surface area (Å²) in [5, 5.41) is 8.13. The first-order valence-electron chi connectivity index (χ1n) is 9.87. The zero-order valence-electron chi connectivity index (χ0n) is 16.9. The van der Waals surface area contributed by atoms with Crippen LogP contribution >= 0.6 is 0 Å². The molecule has 7 nitrogen and oxygen atoms in total. The summed E-state index contributed by atoms with van der Waals surface area (Å²) >= 11 is 0. The van der Waals surface area contributed by atoms with E-state index < -0.39 is 0 Å². The van der Waals surface area contributed by atoms with Crippen LogP contribution in [0.5, 0.6) is 0 Å². The van der Waals surface area contributed by atoms with Crippen molar-refractivity contribution in [3.8, 4) is 11.5 Å². The van der Waals surface area contributed by atoms with Crippen LogP contribution in [-0.2, 0) is 16.0 Å². The second-order valence-corrected chi connectivity index (χ2v) is 7.73. The minimum atomic E-state index is 0.0612. The number of aromatic nitrogens is 2. The fourth-order valence-electron chi connectivity index (χ4n) is 3.22. The third kappa shape index (κ3) is 5.18. The molecule has 150 valence electrons. The number of aryl methyl sites for hydroxylation is 2. The van der Waals surface area contributed by atoms with Gasteiger partial charge in [-0.3, -0.25) is 9.59 Å². The van der Waals surface area contributed by atoms with Crippen LogP contribution in [0, 0.1) is 12.8 Å². The summed E-state index contributed by atoms with van der Waals surface area (Å²) in [6.45, 7) is 8.49. The normalized spacial score (nSPS) is 14.6. The highest BCUT2D eigenvalue weighted by atomic mass is 16.4. The van der Waals surface area contributed by atoms with E-state index in [4.69, 9.17) is 4.42 Å². The average molecular weight is 384 g/mol. The number of amides is 2. The average Bonchev–Trinajstić information content (AvgIpc) is 3.15. The van der Waals surface area contributed by atoms with Crippen LogP contribution in [0.3, 0.4) is 0 Å². The predicted octanol–water partition coefficient (Wildman–Crippen LogP) is 2.69. The lowest BCUT2D eigenvalue weighted by molar-refractivity contribution is -0.140. The lowest BCUT2D eigenvalue weighted by Gasteiger charge is -2.35. The summed E-state index contributed by atoms with van der Waals surface area (Å²) in [5.41, 5.74) is 2.04. The van der Waals surface area contributed by atoms with Crippen molar-refractivity contribution < 1.29 is 14.0 Å². The van der Waals surface area contributed by atoms with E-state index >= 15 is 0 Å². The van der Waals surface area contributed by atoms with Gasteiger partial charge in [-0.25, -0.2) is 0 Å². The summed E-state index contributed by atoms with van der Waals surface area (Å²) in [5.74, 6) is 1.53. The van der Waals surface area contributed by atoms with Crippen LogP contribution in [0.1, 0.15) is 38.1 Å². The fourth-order valence-corrected chi connectivity index (χ4v) is 3.22. The summed E-state index contributed by atoms with van der Waals surface area (Å²) in [4.78, 5) is 28.3. The van der Waals surface area contributed by atoms with E-state index in [-0.39, 0.29) is 11.8 Å². The monoisotopic (exact) mass is 384 g/mol. The quantitative estimate of drug-likeness (QED) is 0.765. The Labute approximate surface area is 165 Å². The van der Waals surface area contributed by atoms with E-state index in [1.165, 1.54) is 5.56 Å². The Hall–Kier alpha value is -2.70. The van der Waals surface area contributed by atoms with Gasteiger partial charge in [0.25, 0.3) is 0 Å². The minimum Gasteiger partial charge on any atom is -0.421 e. The van der Waals surface area contributed by atoms with E-state index in [0.717, 1.165) is 5.56 Å². The second kappa shape index (κ2) is 8.99. The van der Waals surface area contributed by atoms with Crippen molar-refractivity contribution in [2.75, 3.05) is 26.2 Å². The molecule has 0 radical (unpaired) electrons. The molecule has 7 heteroatoms. The Balaban J connectivity index is 1.46. The summed E-state index contributed by atoms with van der Waals surface area (Å²) in [7, 11) is 0. The Bertz CT molecular complexity index is 805. The van der Waals surface area contributed by atoms with Gasteiger partial charge in [-0.1, -0.05) is 31.5 Å². The zero-order valence-corrected chi connectivity index (χ0v) is 16.9. The van der Waals surface area contributed by atoms with Crippen LogP contribution in [0.15, 0.2) is 28.7 Å². The third-order valence-corrected chi connectivity index (χ3v) is 4.89. The summed E-state index contributed by atoms with van der Waals surface area (Å²) < 4.78 is 5.69. The molecule has 1 aliphatic rings. The standard InChI is InChI=1S/C21H28N4O3/c1-15(2)14-20(27)25-12-10-24(11-13-25)19(26)9-8-18-22-23-21(28-18)17-6-4-16(3)5-7-17/h4-7,15H,8-14H2,1-3H3. The van der Waals surface area contributed by atoms with Crippen LogP contribution < -0.4 is 0 Å². The number of hydrogen-bond acceptors (Lipinski definition) is 5. The number of hydrogen-bond donors (Lipinski definition) is 0. The van der Waals surface area contributed by atoms with E-state index in [9.17, 15) is 9.59 Å². The Morgan fingerprint density at radius 3 is 2.21 bits per heavy atom. The largest absolute Gasteiger partial charge is 0.421 e. The number of piperazine rings is 1. The molecule has 0 spiro atoms. The maximum absolute atomic E-state index is 12.5. The molecule has 0 N–H and O–H groups in total. The molecule has 0 saturated carbocycles. The van der Waals surface area contributed by atoms with Crippen molar-refractivity contribution in [2.24, 2.45) is 5.92 Å². The predicted molar refractivity (Wildman–Crippen MR) is 105 cm³/mol. The number of rotatable bonds is 6. The highest BCUT2D eigenvalue weighted by molar-refractivity contribution is 5.78.